The highest BCUT2D eigenvalue weighted by Crippen LogP contribution is 2.23. The average molecular weight is 474 g/mol. The summed E-state index contributed by atoms with van der Waals surface area (Å²) in [6.45, 7) is 6.84. The normalized spacial score (nSPS) is 11.8. The van der Waals surface area contributed by atoms with E-state index in [1.54, 1.807) is 7.11 Å². The van der Waals surface area contributed by atoms with E-state index in [1.807, 2.05) is 87.5 Å². The highest BCUT2D eigenvalue weighted by molar-refractivity contribution is 5.79. The number of amides is 1. The maximum atomic E-state index is 12.7. The van der Waals surface area contributed by atoms with Gasteiger partial charge >= 0.3 is 0 Å². The highest BCUT2D eigenvalue weighted by atomic mass is 16.5. The average Bonchev–Trinajstić information content (AvgIpc) is 3.23. The van der Waals surface area contributed by atoms with E-state index in [0.29, 0.717) is 13.2 Å². The smallest absolute Gasteiger partial charge is 0.258 e. The summed E-state index contributed by atoms with van der Waals surface area (Å²) in [6.07, 6.45) is 0. The van der Waals surface area contributed by atoms with Gasteiger partial charge in [0, 0.05) is 6.07 Å². The Morgan fingerprint density at radius 3 is 2.63 bits per heavy atom. The number of rotatable bonds is 10. The predicted octanol–water partition coefficient (Wildman–Crippen LogP) is 5.00. The second-order valence-electron chi connectivity index (χ2n) is 8.48. The molecule has 1 amide bonds. The molecule has 3 aromatic carbocycles. The molecule has 1 N–H and O–H groups in total. The molecule has 0 spiro atoms. The molecule has 35 heavy (non-hydrogen) atoms. The highest BCUT2D eigenvalue weighted by Gasteiger charge is 2.19. The number of nitrogens with one attached hydrogen (secondary N) is 1. The van der Waals surface area contributed by atoms with Gasteiger partial charge in [-0.1, -0.05) is 30.3 Å². The number of benzene rings is 3. The van der Waals surface area contributed by atoms with Gasteiger partial charge in [-0.3, -0.25) is 4.79 Å². The third-order valence-electron chi connectivity index (χ3n) is 5.78. The van der Waals surface area contributed by atoms with Crippen LogP contribution in [0.15, 0.2) is 66.7 Å². The van der Waals surface area contributed by atoms with Crippen molar-refractivity contribution in [2.75, 3.05) is 20.3 Å². The predicted molar refractivity (Wildman–Crippen MR) is 136 cm³/mol. The molecule has 0 fully saturated rings. The number of carbonyl (C=O) groups excluding carboxylic acids is 1. The Bertz CT molecular complexity index is 1310. The summed E-state index contributed by atoms with van der Waals surface area (Å²) in [6, 6.07) is 21.1. The van der Waals surface area contributed by atoms with Gasteiger partial charge in [0.2, 0.25) is 0 Å². The number of hydrogen-bond acceptors (Lipinski definition) is 5. The van der Waals surface area contributed by atoms with Crippen molar-refractivity contribution in [1.82, 2.24) is 14.9 Å². The second kappa shape index (κ2) is 11.0. The van der Waals surface area contributed by atoms with E-state index in [1.165, 1.54) is 0 Å². The SMILES string of the molecule is COc1cccc(OCCn2c(C(C)NC(=O)COc3cc(C)ccc3C)nc3ccccc32)c1. The molecular weight excluding hydrogens is 442 g/mol. The van der Waals surface area contributed by atoms with E-state index in [-0.39, 0.29) is 18.6 Å². The van der Waals surface area contributed by atoms with Crippen molar-refractivity contribution in [3.05, 3.63) is 83.7 Å². The van der Waals surface area contributed by atoms with Gasteiger partial charge in [0.15, 0.2) is 6.61 Å². The molecule has 1 aromatic heterocycles. The summed E-state index contributed by atoms with van der Waals surface area (Å²) in [5.41, 5.74) is 3.94. The van der Waals surface area contributed by atoms with Crippen molar-refractivity contribution in [1.29, 1.82) is 0 Å². The molecule has 0 bridgehead atoms. The Kier molecular flexibility index (Phi) is 7.55. The lowest BCUT2D eigenvalue weighted by molar-refractivity contribution is -0.123. The lowest BCUT2D eigenvalue weighted by Gasteiger charge is -2.17. The number of hydrogen-bond donors (Lipinski definition) is 1. The molecule has 182 valence electrons. The summed E-state index contributed by atoms with van der Waals surface area (Å²) in [5, 5.41) is 3.02. The van der Waals surface area contributed by atoms with Crippen LogP contribution >= 0.6 is 0 Å². The molecule has 1 unspecified atom stereocenters. The molecule has 4 rings (SSSR count). The van der Waals surface area contributed by atoms with Crippen molar-refractivity contribution >= 4 is 16.9 Å². The lowest BCUT2D eigenvalue weighted by atomic mass is 10.1. The fourth-order valence-electron chi connectivity index (χ4n) is 3.96. The Morgan fingerprint density at radius 1 is 1.00 bits per heavy atom. The van der Waals surface area contributed by atoms with Gasteiger partial charge in [-0.05, 0) is 62.2 Å². The van der Waals surface area contributed by atoms with Crippen LogP contribution in [0.1, 0.15) is 29.9 Å². The van der Waals surface area contributed by atoms with Gasteiger partial charge in [-0.25, -0.2) is 4.98 Å². The quantitative estimate of drug-likeness (QED) is 0.351. The molecule has 0 saturated carbocycles. The zero-order valence-corrected chi connectivity index (χ0v) is 20.6. The van der Waals surface area contributed by atoms with Crippen LogP contribution < -0.4 is 19.5 Å². The minimum absolute atomic E-state index is 0.0617. The van der Waals surface area contributed by atoms with Crippen molar-refractivity contribution in [2.45, 2.75) is 33.4 Å². The standard InChI is InChI=1S/C28H31N3O4/c1-19-12-13-20(2)26(16-19)35-18-27(32)29-21(3)28-30-24-10-5-6-11-25(24)31(28)14-15-34-23-9-7-8-22(17-23)33-4/h5-13,16-17,21H,14-15,18H2,1-4H3,(H,29,32). The summed E-state index contributed by atoms with van der Waals surface area (Å²) >= 11 is 0. The molecule has 1 atom stereocenters. The van der Waals surface area contributed by atoms with E-state index in [4.69, 9.17) is 19.2 Å². The van der Waals surface area contributed by atoms with Crippen molar-refractivity contribution in [3.63, 3.8) is 0 Å². The number of fused-ring (bicyclic) bond motifs is 1. The molecular formula is C28H31N3O4. The van der Waals surface area contributed by atoms with Crippen LogP contribution in [-0.4, -0.2) is 35.8 Å². The van der Waals surface area contributed by atoms with Gasteiger partial charge in [-0.2, -0.15) is 0 Å². The minimum Gasteiger partial charge on any atom is -0.497 e. The third kappa shape index (κ3) is 5.93. The van der Waals surface area contributed by atoms with Crippen LogP contribution in [0.25, 0.3) is 11.0 Å². The van der Waals surface area contributed by atoms with Gasteiger partial charge < -0.3 is 24.1 Å². The second-order valence-corrected chi connectivity index (χ2v) is 8.48. The van der Waals surface area contributed by atoms with Crippen LogP contribution in [0.4, 0.5) is 0 Å². The maximum Gasteiger partial charge on any atom is 0.258 e. The summed E-state index contributed by atoms with van der Waals surface area (Å²) < 4.78 is 19.1. The first-order chi connectivity index (χ1) is 16.9. The number of nitrogens with zero attached hydrogens (tertiary/aromatic N) is 2. The number of aryl methyl sites for hydroxylation is 2. The first-order valence-corrected chi connectivity index (χ1v) is 11.7. The molecule has 1 heterocycles. The Morgan fingerprint density at radius 2 is 1.80 bits per heavy atom. The van der Waals surface area contributed by atoms with E-state index in [2.05, 4.69) is 9.88 Å². The summed E-state index contributed by atoms with van der Waals surface area (Å²) in [5.74, 6) is 2.76. The molecule has 0 aliphatic heterocycles. The Labute approximate surface area is 205 Å². The molecule has 4 aromatic rings. The van der Waals surface area contributed by atoms with Gasteiger partial charge in [0.05, 0.1) is 30.7 Å². The van der Waals surface area contributed by atoms with E-state index >= 15 is 0 Å². The third-order valence-corrected chi connectivity index (χ3v) is 5.78. The number of carbonyl (C=O) groups is 1. The van der Waals surface area contributed by atoms with Crippen LogP contribution in [0.3, 0.4) is 0 Å². The zero-order chi connectivity index (χ0) is 24.8. The van der Waals surface area contributed by atoms with Crippen LogP contribution in [0.5, 0.6) is 17.2 Å². The number of imidazole rings is 1. The van der Waals surface area contributed by atoms with Crippen LogP contribution in [-0.2, 0) is 11.3 Å². The Balaban J connectivity index is 1.44. The van der Waals surface area contributed by atoms with Gasteiger partial charge in [0.25, 0.3) is 5.91 Å². The topological polar surface area (TPSA) is 74.6 Å². The largest absolute Gasteiger partial charge is 0.497 e. The number of ether oxygens (including phenoxy) is 3. The fraction of sp³-hybridized carbons (Fsp3) is 0.286. The maximum absolute atomic E-state index is 12.7. The molecule has 7 heteroatoms. The molecule has 7 nitrogen and oxygen atoms in total. The van der Waals surface area contributed by atoms with Gasteiger partial charge in [-0.15, -0.1) is 0 Å². The zero-order valence-electron chi connectivity index (χ0n) is 20.6. The Hall–Kier alpha value is -4.00. The molecule has 0 aliphatic rings. The van der Waals surface area contributed by atoms with Crippen molar-refractivity contribution < 1.29 is 19.0 Å². The number of para-hydroxylation sites is 2. The van der Waals surface area contributed by atoms with Crippen molar-refractivity contribution in [3.8, 4) is 17.2 Å². The summed E-state index contributed by atoms with van der Waals surface area (Å²) in [4.78, 5) is 17.5. The summed E-state index contributed by atoms with van der Waals surface area (Å²) in [7, 11) is 1.63. The van der Waals surface area contributed by atoms with E-state index in [0.717, 1.165) is 45.2 Å². The van der Waals surface area contributed by atoms with Crippen molar-refractivity contribution in [2.24, 2.45) is 0 Å². The molecule has 0 aliphatic carbocycles. The molecule has 0 saturated heterocycles. The van der Waals surface area contributed by atoms with Gasteiger partial charge in [0.1, 0.15) is 29.7 Å². The van der Waals surface area contributed by atoms with Crippen LogP contribution in [0.2, 0.25) is 0 Å². The lowest BCUT2D eigenvalue weighted by Crippen LogP contribution is -2.33. The van der Waals surface area contributed by atoms with E-state index < -0.39 is 0 Å². The number of aromatic nitrogens is 2. The molecule has 0 radical (unpaired) electrons. The fourth-order valence-corrected chi connectivity index (χ4v) is 3.96. The first-order valence-electron chi connectivity index (χ1n) is 11.7. The minimum atomic E-state index is -0.311. The van der Waals surface area contributed by atoms with E-state index in [9.17, 15) is 4.79 Å². The first kappa shape index (κ1) is 24.1. The van der Waals surface area contributed by atoms with Crippen LogP contribution in [0, 0.1) is 13.8 Å². The number of methoxy groups -OCH3 is 1. The monoisotopic (exact) mass is 473 g/mol.